The van der Waals surface area contributed by atoms with Crippen molar-refractivity contribution in [1.29, 1.82) is 0 Å². The van der Waals surface area contributed by atoms with Crippen molar-refractivity contribution in [2.24, 2.45) is 0 Å². The largest absolute Gasteiger partial charge is 0.469 e. The number of hydrogen-bond acceptors (Lipinski definition) is 3. The molecule has 1 saturated heterocycles. The van der Waals surface area contributed by atoms with Crippen LogP contribution in [-0.4, -0.2) is 50.9 Å². The summed E-state index contributed by atoms with van der Waals surface area (Å²) in [5.41, 5.74) is 0.768. The molecule has 4 heteroatoms. The molecule has 1 fully saturated rings. The molecule has 1 aromatic heterocycles. The second kappa shape index (κ2) is 4.19. The van der Waals surface area contributed by atoms with Crippen molar-refractivity contribution in [2.45, 2.75) is 6.54 Å². The Hall–Kier alpha value is -0.735. The minimum Gasteiger partial charge on any atom is -0.469 e. The van der Waals surface area contributed by atoms with Crippen LogP contribution in [0.15, 0.2) is 16.7 Å². The summed E-state index contributed by atoms with van der Waals surface area (Å²) in [6, 6.07) is 1.81. The minimum atomic E-state index is 0.768. The maximum absolute atomic E-state index is 5.75. The maximum atomic E-state index is 5.75. The van der Waals surface area contributed by atoms with E-state index >= 15 is 0 Å². The molecule has 1 aliphatic rings. The number of rotatable bonds is 2. The first-order valence-electron chi connectivity index (χ1n) is 4.98. The van der Waals surface area contributed by atoms with E-state index in [1.54, 1.807) is 6.26 Å². The van der Waals surface area contributed by atoms with Crippen LogP contribution in [0, 0.1) is 0 Å². The van der Waals surface area contributed by atoms with Gasteiger partial charge in [-0.2, -0.15) is 0 Å². The summed E-state index contributed by atoms with van der Waals surface area (Å²) in [6.07, 6.45) is 1.65. The van der Waals surface area contributed by atoms with E-state index in [1.165, 1.54) is 0 Å². The topological polar surface area (TPSA) is 19.6 Å². The van der Waals surface area contributed by atoms with Gasteiger partial charge in [-0.15, -0.1) is 0 Å². The van der Waals surface area contributed by atoms with Crippen LogP contribution in [0.1, 0.15) is 5.76 Å². The lowest BCUT2D eigenvalue weighted by atomic mass is 9.97. The fourth-order valence-corrected chi connectivity index (χ4v) is 1.69. The number of likely N-dealkylation sites (N-methyl/N-ethyl adjacent to an activating group) is 1. The molecule has 2 heterocycles. The molecule has 14 heavy (non-hydrogen) atoms. The van der Waals surface area contributed by atoms with Crippen molar-refractivity contribution >= 4 is 13.3 Å². The molecular formula is C10H15BN2O. The van der Waals surface area contributed by atoms with Crippen molar-refractivity contribution in [3.8, 4) is 0 Å². The SMILES string of the molecule is [B]c1ccoc1CN1CCN(C)CC1. The van der Waals surface area contributed by atoms with E-state index < -0.39 is 0 Å². The van der Waals surface area contributed by atoms with Crippen molar-refractivity contribution < 1.29 is 4.42 Å². The molecule has 0 aromatic carbocycles. The van der Waals surface area contributed by atoms with Crippen molar-refractivity contribution in [2.75, 3.05) is 33.2 Å². The van der Waals surface area contributed by atoms with E-state index in [1.807, 2.05) is 6.07 Å². The van der Waals surface area contributed by atoms with Gasteiger partial charge in [-0.05, 0) is 13.1 Å². The quantitative estimate of drug-likeness (QED) is 0.603. The molecule has 0 bridgehead atoms. The van der Waals surface area contributed by atoms with Crippen LogP contribution >= 0.6 is 0 Å². The molecule has 74 valence electrons. The highest BCUT2D eigenvalue weighted by molar-refractivity contribution is 6.32. The second-order valence-electron chi connectivity index (χ2n) is 3.88. The van der Waals surface area contributed by atoms with Gasteiger partial charge >= 0.3 is 0 Å². The summed E-state index contributed by atoms with van der Waals surface area (Å²) in [6.45, 7) is 5.28. The fourth-order valence-electron chi connectivity index (χ4n) is 1.69. The minimum absolute atomic E-state index is 0.768. The summed E-state index contributed by atoms with van der Waals surface area (Å²) >= 11 is 0. The van der Waals surface area contributed by atoms with Gasteiger partial charge < -0.3 is 9.32 Å². The monoisotopic (exact) mass is 190 g/mol. The molecule has 0 amide bonds. The molecule has 0 unspecified atom stereocenters. The third kappa shape index (κ3) is 2.19. The van der Waals surface area contributed by atoms with Gasteiger partial charge in [0.05, 0.1) is 12.8 Å². The first-order chi connectivity index (χ1) is 6.75. The summed E-state index contributed by atoms with van der Waals surface area (Å²) in [5.74, 6) is 0.898. The highest BCUT2D eigenvalue weighted by Crippen LogP contribution is 2.05. The van der Waals surface area contributed by atoms with E-state index in [0.717, 1.165) is 43.9 Å². The molecule has 0 spiro atoms. The molecule has 0 N–H and O–H groups in total. The van der Waals surface area contributed by atoms with Crippen molar-refractivity contribution in [1.82, 2.24) is 9.80 Å². The summed E-state index contributed by atoms with van der Waals surface area (Å²) in [7, 11) is 7.91. The van der Waals surface area contributed by atoms with Gasteiger partial charge in [-0.1, -0.05) is 5.46 Å². The van der Waals surface area contributed by atoms with Crippen LogP contribution in [0.5, 0.6) is 0 Å². The Labute approximate surface area is 86.1 Å². The normalized spacial score (nSPS) is 20.1. The Kier molecular flexibility index (Phi) is 2.94. The van der Waals surface area contributed by atoms with Gasteiger partial charge in [0.2, 0.25) is 0 Å². The predicted octanol–water partition coefficient (Wildman–Crippen LogP) is -0.179. The Morgan fingerprint density at radius 2 is 2.07 bits per heavy atom. The summed E-state index contributed by atoms with van der Waals surface area (Å²) < 4.78 is 5.31. The fraction of sp³-hybridized carbons (Fsp3) is 0.600. The Morgan fingerprint density at radius 1 is 1.36 bits per heavy atom. The number of hydrogen-bond donors (Lipinski definition) is 0. The van der Waals surface area contributed by atoms with Gasteiger partial charge in [-0.3, -0.25) is 4.90 Å². The molecule has 3 nitrogen and oxygen atoms in total. The van der Waals surface area contributed by atoms with Crippen molar-refractivity contribution in [3.05, 3.63) is 18.1 Å². The zero-order chi connectivity index (χ0) is 9.97. The number of nitrogens with zero attached hydrogens (tertiary/aromatic N) is 2. The summed E-state index contributed by atoms with van der Waals surface area (Å²) in [4.78, 5) is 4.71. The Morgan fingerprint density at radius 3 is 2.64 bits per heavy atom. The highest BCUT2D eigenvalue weighted by Gasteiger charge is 2.15. The number of piperazine rings is 1. The lowest BCUT2D eigenvalue weighted by molar-refractivity contribution is 0.140. The lowest BCUT2D eigenvalue weighted by Gasteiger charge is -2.31. The average Bonchev–Trinajstić information content (AvgIpc) is 2.56. The zero-order valence-corrected chi connectivity index (χ0v) is 8.57. The second-order valence-corrected chi connectivity index (χ2v) is 3.88. The third-order valence-electron chi connectivity index (χ3n) is 2.74. The molecule has 0 saturated carbocycles. The molecule has 2 radical (unpaired) electrons. The van der Waals surface area contributed by atoms with E-state index in [9.17, 15) is 0 Å². The first-order valence-corrected chi connectivity index (χ1v) is 4.98. The standard InChI is InChI=1S/C10H15BN2O/c1-12-3-5-13(6-4-12)8-10-9(11)2-7-14-10/h2,7H,3-6,8H2,1H3. The van der Waals surface area contributed by atoms with Crippen LogP contribution in [0.3, 0.4) is 0 Å². The highest BCUT2D eigenvalue weighted by atomic mass is 16.3. The molecule has 2 rings (SSSR count). The molecule has 1 aromatic rings. The van der Waals surface area contributed by atoms with Crippen LogP contribution in [0.2, 0.25) is 0 Å². The zero-order valence-electron chi connectivity index (χ0n) is 8.57. The van der Waals surface area contributed by atoms with Gasteiger partial charge in [0.1, 0.15) is 13.6 Å². The van der Waals surface area contributed by atoms with E-state index in [2.05, 4.69) is 16.8 Å². The van der Waals surface area contributed by atoms with Gasteiger partial charge in [0, 0.05) is 26.2 Å². The third-order valence-corrected chi connectivity index (χ3v) is 2.74. The van der Waals surface area contributed by atoms with Crippen LogP contribution in [-0.2, 0) is 6.54 Å². The Balaban J connectivity index is 1.89. The molecule has 0 atom stereocenters. The Bertz CT molecular complexity index is 292. The first kappa shape index (κ1) is 9.81. The summed E-state index contributed by atoms with van der Waals surface area (Å²) in [5, 5.41) is 0. The predicted molar refractivity (Wildman–Crippen MR) is 56.9 cm³/mol. The van der Waals surface area contributed by atoms with Gasteiger partial charge in [-0.25, -0.2) is 0 Å². The van der Waals surface area contributed by atoms with E-state index in [4.69, 9.17) is 12.3 Å². The van der Waals surface area contributed by atoms with Crippen LogP contribution in [0.4, 0.5) is 0 Å². The number of furan rings is 1. The molecule has 1 aliphatic heterocycles. The van der Waals surface area contributed by atoms with Gasteiger partial charge in [0.25, 0.3) is 0 Å². The average molecular weight is 190 g/mol. The van der Waals surface area contributed by atoms with Crippen LogP contribution < -0.4 is 5.46 Å². The van der Waals surface area contributed by atoms with Crippen LogP contribution in [0.25, 0.3) is 0 Å². The van der Waals surface area contributed by atoms with Crippen molar-refractivity contribution in [3.63, 3.8) is 0 Å². The maximum Gasteiger partial charge on any atom is 0.118 e. The molecular weight excluding hydrogens is 175 g/mol. The van der Waals surface area contributed by atoms with Gasteiger partial charge in [0.15, 0.2) is 0 Å². The van der Waals surface area contributed by atoms with E-state index in [-0.39, 0.29) is 0 Å². The smallest absolute Gasteiger partial charge is 0.118 e. The van der Waals surface area contributed by atoms with E-state index in [0.29, 0.717) is 0 Å². The molecule has 0 aliphatic carbocycles. The lowest BCUT2D eigenvalue weighted by Crippen LogP contribution is -2.44.